The number of nitrogens with zero attached hydrogens (tertiary/aromatic N) is 5. The summed E-state index contributed by atoms with van der Waals surface area (Å²) >= 11 is 1.61. The lowest BCUT2D eigenvalue weighted by Gasteiger charge is -2.32. The number of amides is 1. The van der Waals surface area contributed by atoms with Crippen molar-refractivity contribution in [3.05, 3.63) is 34.0 Å². The highest BCUT2D eigenvalue weighted by Gasteiger charge is 2.23. The van der Waals surface area contributed by atoms with Crippen molar-refractivity contribution in [2.45, 2.75) is 25.4 Å². The SMILES string of the molecule is N#Cc1csc(CN2CCCC(n3cnc(C(N)=O)n3)C2)c1. The fraction of sp³-hybridized carbons (Fsp3) is 0.429. The fourth-order valence-corrected chi connectivity index (χ4v) is 3.55. The Bertz CT molecular complexity index is 715. The molecule has 1 saturated heterocycles. The van der Waals surface area contributed by atoms with Crippen molar-refractivity contribution >= 4 is 17.2 Å². The van der Waals surface area contributed by atoms with Gasteiger partial charge in [-0.2, -0.15) is 5.26 Å². The highest BCUT2D eigenvalue weighted by Crippen LogP contribution is 2.24. The minimum atomic E-state index is -0.603. The quantitative estimate of drug-likeness (QED) is 0.911. The summed E-state index contributed by atoms with van der Waals surface area (Å²) in [4.78, 5) is 18.5. The number of primary amides is 1. The van der Waals surface area contributed by atoms with Crippen LogP contribution in [0, 0.1) is 11.3 Å². The van der Waals surface area contributed by atoms with Gasteiger partial charge >= 0.3 is 0 Å². The number of carbonyl (C=O) groups is 1. The van der Waals surface area contributed by atoms with Crippen LogP contribution >= 0.6 is 11.3 Å². The van der Waals surface area contributed by atoms with E-state index in [-0.39, 0.29) is 11.9 Å². The predicted octanol–water partition coefficient (Wildman–Crippen LogP) is 1.15. The van der Waals surface area contributed by atoms with Gasteiger partial charge in [-0.05, 0) is 25.5 Å². The Hall–Kier alpha value is -2.24. The van der Waals surface area contributed by atoms with E-state index in [9.17, 15) is 4.79 Å². The van der Waals surface area contributed by atoms with E-state index in [1.54, 1.807) is 22.3 Å². The highest BCUT2D eigenvalue weighted by atomic mass is 32.1. The second-order valence-corrected chi connectivity index (χ2v) is 6.35. The number of likely N-dealkylation sites (tertiary alicyclic amines) is 1. The molecule has 0 spiro atoms. The van der Waals surface area contributed by atoms with Crippen LogP contribution in [0.4, 0.5) is 0 Å². The van der Waals surface area contributed by atoms with Crippen molar-refractivity contribution in [1.29, 1.82) is 5.26 Å². The number of thiophene rings is 1. The summed E-state index contributed by atoms with van der Waals surface area (Å²) in [5.74, 6) is -0.539. The zero-order valence-electron chi connectivity index (χ0n) is 12.0. The first-order valence-electron chi connectivity index (χ1n) is 7.06. The summed E-state index contributed by atoms with van der Waals surface area (Å²) in [5.41, 5.74) is 5.91. The number of hydrogen-bond acceptors (Lipinski definition) is 6. The number of nitrogens with two attached hydrogens (primary N) is 1. The molecule has 8 heteroatoms. The fourth-order valence-electron chi connectivity index (χ4n) is 2.70. The molecule has 3 rings (SSSR count). The molecule has 0 saturated carbocycles. The number of hydrogen-bond donors (Lipinski definition) is 1. The lowest BCUT2D eigenvalue weighted by molar-refractivity contribution is 0.0989. The Morgan fingerprint density at radius 3 is 3.14 bits per heavy atom. The first-order valence-corrected chi connectivity index (χ1v) is 7.94. The molecule has 0 radical (unpaired) electrons. The molecule has 3 heterocycles. The van der Waals surface area contributed by atoms with Gasteiger partial charge in [-0.15, -0.1) is 16.4 Å². The van der Waals surface area contributed by atoms with E-state index in [1.807, 2.05) is 11.4 Å². The van der Waals surface area contributed by atoms with E-state index in [0.29, 0.717) is 0 Å². The van der Waals surface area contributed by atoms with Gasteiger partial charge in [-0.25, -0.2) is 9.67 Å². The minimum absolute atomic E-state index is 0.0639. The predicted molar refractivity (Wildman–Crippen MR) is 81.1 cm³/mol. The summed E-state index contributed by atoms with van der Waals surface area (Å²) in [5, 5.41) is 14.9. The Balaban J connectivity index is 1.65. The van der Waals surface area contributed by atoms with E-state index in [0.717, 1.165) is 38.0 Å². The third kappa shape index (κ3) is 3.16. The summed E-state index contributed by atoms with van der Waals surface area (Å²) in [6, 6.07) is 4.30. The second-order valence-electron chi connectivity index (χ2n) is 5.36. The van der Waals surface area contributed by atoms with E-state index in [2.05, 4.69) is 21.1 Å². The monoisotopic (exact) mass is 316 g/mol. The van der Waals surface area contributed by atoms with Crippen LogP contribution in [0.5, 0.6) is 0 Å². The maximum absolute atomic E-state index is 11.1. The maximum atomic E-state index is 11.1. The van der Waals surface area contributed by atoms with Gasteiger partial charge in [0.25, 0.3) is 5.91 Å². The third-order valence-corrected chi connectivity index (χ3v) is 4.67. The number of nitriles is 1. The summed E-state index contributed by atoms with van der Waals surface area (Å²) in [6.45, 7) is 2.70. The van der Waals surface area contributed by atoms with Crippen LogP contribution in [0.25, 0.3) is 0 Å². The standard InChI is InChI=1S/C14H16N6OS/c15-5-10-4-12(22-8-10)7-19-3-1-2-11(6-19)20-9-17-14(18-20)13(16)21/h4,8-9,11H,1-3,6-7H2,(H2,16,21). The summed E-state index contributed by atoms with van der Waals surface area (Å²) < 4.78 is 1.74. The zero-order valence-corrected chi connectivity index (χ0v) is 12.8. The van der Waals surface area contributed by atoms with Crippen LogP contribution < -0.4 is 5.73 Å². The summed E-state index contributed by atoms with van der Waals surface area (Å²) in [7, 11) is 0. The van der Waals surface area contributed by atoms with Crippen molar-refractivity contribution in [1.82, 2.24) is 19.7 Å². The number of rotatable bonds is 4. The highest BCUT2D eigenvalue weighted by molar-refractivity contribution is 7.10. The number of carbonyl (C=O) groups excluding carboxylic acids is 1. The molecular weight excluding hydrogens is 300 g/mol. The molecule has 0 bridgehead atoms. The maximum Gasteiger partial charge on any atom is 0.288 e. The minimum Gasteiger partial charge on any atom is -0.363 e. The lowest BCUT2D eigenvalue weighted by atomic mass is 10.1. The van der Waals surface area contributed by atoms with Gasteiger partial charge in [0.05, 0.1) is 11.6 Å². The molecular formula is C14H16N6OS. The first kappa shape index (κ1) is 14.7. The molecule has 2 N–H and O–H groups in total. The average Bonchev–Trinajstić information content (AvgIpc) is 3.16. The summed E-state index contributed by atoms with van der Waals surface area (Å²) in [6.07, 6.45) is 3.64. The van der Waals surface area contributed by atoms with Crippen molar-refractivity contribution in [2.24, 2.45) is 5.73 Å². The average molecular weight is 316 g/mol. The molecule has 2 aromatic heterocycles. The molecule has 1 atom stereocenters. The van der Waals surface area contributed by atoms with Crippen molar-refractivity contribution < 1.29 is 4.79 Å². The van der Waals surface area contributed by atoms with Gasteiger partial charge in [-0.1, -0.05) is 0 Å². The van der Waals surface area contributed by atoms with Crippen molar-refractivity contribution in [3.63, 3.8) is 0 Å². The van der Waals surface area contributed by atoms with Gasteiger partial charge in [-0.3, -0.25) is 9.69 Å². The molecule has 114 valence electrons. The molecule has 0 aliphatic carbocycles. The van der Waals surface area contributed by atoms with Gasteiger partial charge < -0.3 is 5.73 Å². The van der Waals surface area contributed by atoms with Gasteiger partial charge in [0.15, 0.2) is 0 Å². The van der Waals surface area contributed by atoms with Gasteiger partial charge in [0.1, 0.15) is 12.4 Å². The topological polar surface area (TPSA) is 101 Å². The Morgan fingerprint density at radius 2 is 2.45 bits per heavy atom. The van der Waals surface area contributed by atoms with E-state index >= 15 is 0 Å². The van der Waals surface area contributed by atoms with Gasteiger partial charge in [0, 0.05) is 23.3 Å². The van der Waals surface area contributed by atoms with E-state index in [4.69, 9.17) is 11.0 Å². The normalized spacial score (nSPS) is 19.0. The van der Waals surface area contributed by atoms with Crippen molar-refractivity contribution in [2.75, 3.05) is 13.1 Å². The zero-order chi connectivity index (χ0) is 15.5. The molecule has 22 heavy (non-hydrogen) atoms. The van der Waals surface area contributed by atoms with Crippen LogP contribution in [0.3, 0.4) is 0 Å². The van der Waals surface area contributed by atoms with Crippen LogP contribution in [-0.2, 0) is 6.54 Å². The van der Waals surface area contributed by atoms with Crippen LogP contribution in [0.15, 0.2) is 17.8 Å². The molecule has 1 unspecified atom stereocenters. The van der Waals surface area contributed by atoms with Gasteiger partial charge in [0.2, 0.25) is 5.82 Å². The molecule has 1 fully saturated rings. The number of piperidine rings is 1. The molecule has 1 amide bonds. The smallest absolute Gasteiger partial charge is 0.288 e. The second kappa shape index (κ2) is 6.25. The molecule has 1 aliphatic rings. The Kier molecular flexibility index (Phi) is 4.18. The largest absolute Gasteiger partial charge is 0.363 e. The first-order chi connectivity index (χ1) is 10.7. The lowest BCUT2D eigenvalue weighted by Crippen LogP contribution is -2.36. The molecule has 7 nitrogen and oxygen atoms in total. The van der Waals surface area contributed by atoms with Crippen LogP contribution in [0.1, 0.15) is 39.9 Å². The Labute approximate surface area is 132 Å². The molecule has 0 aromatic carbocycles. The van der Waals surface area contributed by atoms with Crippen LogP contribution in [0.2, 0.25) is 0 Å². The van der Waals surface area contributed by atoms with Crippen LogP contribution in [-0.4, -0.2) is 38.7 Å². The Morgan fingerprint density at radius 1 is 1.59 bits per heavy atom. The van der Waals surface area contributed by atoms with E-state index < -0.39 is 5.91 Å². The molecule has 1 aliphatic heterocycles. The van der Waals surface area contributed by atoms with E-state index in [1.165, 1.54) is 4.88 Å². The molecule has 2 aromatic rings. The van der Waals surface area contributed by atoms with Crippen molar-refractivity contribution in [3.8, 4) is 6.07 Å². The number of aromatic nitrogens is 3. The third-order valence-electron chi connectivity index (χ3n) is 3.75.